The highest BCUT2D eigenvalue weighted by Gasteiger charge is 2.22. The Morgan fingerprint density at radius 2 is 1.84 bits per heavy atom. The molecule has 2 aliphatic heterocycles. The van der Waals surface area contributed by atoms with Gasteiger partial charge in [-0.1, -0.05) is 36.4 Å². The zero-order valence-electron chi connectivity index (χ0n) is 18.7. The highest BCUT2D eigenvalue weighted by atomic mass is 16.5. The summed E-state index contributed by atoms with van der Waals surface area (Å²) in [5.74, 6) is 2.83. The average molecular weight is 422 g/mol. The first-order chi connectivity index (χ1) is 15.3. The third-order valence-electron chi connectivity index (χ3n) is 6.19. The largest absolute Gasteiger partial charge is 0.378 e. The molecule has 0 amide bonds. The Morgan fingerprint density at radius 3 is 2.58 bits per heavy atom. The molecule has 3 heterocycles. The van der Waals surface area contributed by atoms with Crippen LogP contribution in [0.15, 0.2) is 53.7 Å². The van der Waals surface area contributed by atoms with E-state index in [1.807, 2.05) is 12.3 Å². The van der Waals surface area contributed by atoms with Crippen LogP contribution in [-0.4, -0.2) is 61.8 Å². The number of rotatable bonds is 6. The second kappa shape index (κ2) is 11.1. The number of likely N-dealkylation sites (tertiary alicyclic amines) is 1. The molecule has 0 spiro atoms. The van der Waals surface area contributed by atoms with Crippen molar-refractivity contribution in [3.8, 4) is 0 Å². The van der Waals surface area contributed by atoms with Crippen molar-refractivity contribution >= 4 is 11.8 Å². The molecule has 1 N–H and O–H groups in total. The van der Waals surface area contributed by atoms with Crippen LogP contribution in [0.4, 0.5) is 5.82 Å². The molecule has 166 valence electrons. The van der Waals surface area contributed by atoms with Crippen molar-refractivity contribution < 1.29 is 4.74 Å². The van der Waals surface area contributed by atoms with Gasteiger partial charge in [0.25, 0.3) is 0 Å². The Balaban J connectivity index is 1.38. The third-order valence-corrected chi connectivity index (χ3v) is 6.19. The summed E-state index contributed by atoms with van der Waals surface area (Å²) in [6.07, 6.45) is 5.48. The number of anilines is 1. The Bertz CT molecular complexity index is 827. The molecule has 2 aromatic rings. The Morgan fingerprint density at radius 1 is 1.06 bits per heavy atom. The normalized spacial score (nSPS) is 18.3. The van der Waals surface area contributed by atoms with E-state index in [-0.39, 0.29) is 0 Å². The Kier molecular flexibility index (Phi) is 7.77. The number of nitrogens with one attached hydrogen (secondary N) is 1. The molecular weight excluding hydrogens is 386 g/mol. The van der Waals surface area contributed by atoms with E-state index < -0.39 is 0 Å². The summed E-state index contributed by atoms with van der Waals surface area (Å²) in [7, 11) is 0. The van der Waals surface area contributed by atoms with E-state index in [0.29, 0.717) is 6.54 Å². The van der Waals surface area contributed by atoms with Gasteiger partial charge in [-0.2, -0.15) is 0 Å². The number of benzene rings is 1. The van der Waals surface area contributed by atoms with Crippen LogP contribution in [0.3, 0.4) is 0 Å². The van der Waals surface area contributed by atoms with Gasteiger partial charge in [-0.15, -0.1) is 0 Å². The van der Waals surface area contributed by atoms with Crippen molar-refractivity contribution in [3.05, 3.63) is 59.8 Å². The van der Waals surface area contributed by atoms with Gasteiger partial charge in [0.15, 0.2) is 5.96 Å². The Labute approximate surface area is 186 Å². The number of pyridine rings is 1. The third kappa shape index (κ3) is 5.97. The molecule has 0 atom stereocenters. The summed E-state index contributed by atoms with van der Waals surface area (Å²) in [5, 5.41) is 3.51. The van der Waals surface area contributed by atoms with E-state index in [0.717, 1.165) is 63.6 Å². The first-order valence-electron chi connectivity index (χ1n) is 11.7. The monoisotopic (exact) mass is 421 g/mol. The molecule has 2 aliphatic rings. The summed E-state index contributed by atoms with van der Waals surface area (Å²) >= 11 is 0. The quantitative estimate of drug-likeness (QED) is 0.573. The van der Waals surface area contributed by atoms with Crippen LogP contribution in [0, 0.1) is 5.92 Å². The predicted molar refractivity (Wildman–Crippen MR) is 127 cm³/mol. The highest BCUT2D eigenvalue weighted by Crippen LogP contribution is 2.23. The lowest BCUT2D eigenvalue weighted by Crippen LogP contribution is -2.46. The van der Waals surface area contributed by atoms with E-state index in [1.54, 1.807) is 0 Å². The molecule has 0 unspecified atom stereocenters. The zero-order chi connectivity index (χ0) is 21.3. The lowest BCUT2D eigenvalue weighted by atomic mass is 9.90. The number of guanidine groups is 1. The van der Waals surface area contributed by atoms with Crippen molar-refractivity contribution in [1.29, 1.82) is 0 Å². The van der Waals surface area contributed by atoms with E-state index in [4.69, 9.17) is 9.73 Å². The summed E-state index contributed by atoms with van der Waals surface area (Å²) in [6, 6.07) is 15.0. The molecule has 2 fully saturated rings. The second-order valence-electron chi connectivity index (χ2n) is 8.38. The number of nitrogens with zero attached hydrogens (tertiary/aromatic N) is 4. The molecule has 6 heteroatoms. The van der Waals surface area contributed by atoms with Gasteiger partial charge in [0, 0.05) is 44.5 Å². The first-order valence-corrected chi connectivity index (χ1v) is 11.7. The molecule has 0 bridgehead atoms. The minimum Gasteiger partial charge on any atom is -0.378 e. The molecule has 31 heavy (non-hydrogen) atoms. The van der Waals surface area contributed by atoms with Crippen LogP contribution >= 0.6 is 0 Å². The van der Waals surface area contributed by atoms with Crippen molar-refractivity contribution in [2.24, 2.45) is 10.9 Å². The minimum atomic E-state index is 0.646. The molecule has 0 radical (unpaired) electrons. The number of hydrogen-bond acceptors (Lipinski definition) is 4. The average Bonchev–Trinajstić information content (AvgIpc) is 2.84. The van der Waals surface area contributed by atoms with Gasteiger partial charge in [0.1, 0.15) is 5.82 Å². The van der Waals surface area contributed by atoms with Crippen LogP contribution in [0.25, 0.3) is 0 Å². The lowest BCUT2D eigenvalue weighted by Gasteiger charge is -2.34. The van der Waals surface area contributed by atoms with Crippen LogP contribution in [0.2, 0.25) is 0 Å². The minimum absolute atomic E-state index is 0.646. The lowest BCUT2D eigenvalue weighted by molar-refractivity contribution is 0.122. The molecule has 6 nitrogen and oxygen atoms in total. The van der Waals surface area contributed by atoms with E-state index in [1.165, 1.54) is 30.4 Å². The standard InChI is InChI=1S/C25H35N5O/c1-2-26-25(30-13-10-22(11-14-30)19-21-7-4-3-5-8-21)28-20-23-9-6-12-27-24(23)29-15-17-31-18-16-29/h3-9,12,22H,2,10-11,13-20H2,1H3,(H,26,28). The van der Waals surface area contributed by atoms with Gasteiger partial charge >= 0.3 is 0 Å². The number of aliphatic imine (C=N–C) groups is 1. The van der Waals surface area contributed by atoms with Crippen LogP contribution in [-0.2, 0) is 17.7 Å². The van der Waals surface area contributed by atoms with Crippen molar-refractivity contribution in [2.45, 2.75) is 32.7 Å². The van der Waals surface area contributed by atoms with Gasteiger partial charge in [-0.05, 0) is 43.7 Å². The van der Waals surface area contributed by atoms with Crippen LogP contribution in [0.1, 0.15) is 30.9 Å². The van der Waals surface area contributed by atoms with Gasteiger partial charge in [0.2, 0.25) is 0 Å². The molecule has 2 saturated heterocycles. The number of hydrogen-bond donors (Lipinski definition) is 1. The fraction of sp³-hybridized carbons (Fsp3) is 0.520. The van der Waals surface area contributed by atoms with Gasteiger partial charge < -0.3 is 19.9 Å². The Hall–Kier alpha value is -2.60. The smallest absolute Gasteiger partial charge is 0.194 e. The molecule has 0 saturated carbocycles. The number of piperidine rings is 1. The van der Waals surface area contributed by atoms with Gasteiger partial charge in [-0.3, -0.25) is 0 Å². The number of aromatic nitrogens is 1. The van der Waals surface area contributed by atoms with Crippen molar-refractivity contribution in [1.82, 2.24) is 15.2 Å². The fourth-order valence-electron chi connectivity index (χ4n) is 4.50. The summed E-state index contributed by atoms with van der Waals surface area (Å²) in [5.41, 5.74) is 2.63. The highest BCUT2D eigenvalue weighted by molar-refractivity contribution is 5.80. The maximum atomic E-state index is 5.50. The van der Waals surface area contributed by atoms with Crippen molar-refractivity contribution in [3.63, 3.8) is 0 Å². The topological polar surface area (TPSA) is 53.0 Å². The molecule has 4 rings (SSSR count). The van der Waals surface area contributed by atoms with Gasteiger partial charge in [0.05, 0.1) is 19.8 Å². The summed E-state index contributed by atoms with van der Waals surface area (Å²) < 4.78 is 5.50. The van der Waals surface area contributed by atoms with E-state index >= 15 is 0 Å². The zero-order valence-corrected chi connectivity index (χ0v) is 18.7. The maximum absolute atomic E-state index is 5.50. The molecule has 1 aromatic heterocycles. The van der Waals surface area contributed by atoms with E-state index in [9.17, 15) is 0 Å². The molecule has 1 aromatic carbocycles. The van der Waals surface area contributed by atoms with Crippen LogP contribution < -0.4 is 10.2 Å². The maximum Gasteiger partial charge on any atom is 0.194 e. The van der Waals surface area contributed by atoms with Crippen molar-refractivity contribution in [2.75, 3.05) is 50.8 Å². The predicted octanol–water partition coefficient (Wildman–Crippen LogP) is 3.34. The fourth-order valence-corrected chi connectivity index (χ4v) is 4.50. The SMILES string of the molecule is CCNC(=NCc1cccnc1N1CCOCC1)N1CCC(Cc2ccccc2)CC1. The van der Waals surface area contributed by atoms with E-state index in [2.05, 4.69) is 63.4 Å². The summed E-state index contributed by atoms with van der Waals surface area (Å²) in [4.78, 5) is 14.4. The van der Waals surface area contributed by atoms with Gasteiger partial charge in [-0.25, -0.2) is 9.98 Å². The van der Waals surface area contributed by atoms with Crippen LogP contribution in [0.5, 0.6) is 0 Å². The number of ether oxygens (including phenoxy) is 1. The summed E-state index contributed by atoms with van der Waals surface area (Å²) in [6.45, 7) is 9.10. The first kappa shape index (κ1) is 21.6. The molecule has 0 aliphatic carbocycles. The number of morpholine rings is 1. The molecular formula is C25H35N5O. The second-order valence-corrected chi connectivity index (χ2v) is 8.38.